The summed E-state index contributed by atoms with van der Waals surface area (Å²) in [5.41, 5.74) is 3.35. The molecule has 2 bridgehead atoms. The minimum Gasteiger partial charge on any atom is -0.347 e. The maximum absolute atomic E-state index is 9.20. The molecule has 16 heavy (non-hydrogen) atoms. The maximum Gasteiger partial charge on any atom is 0.0826 e. The van der Waals surface area contributed by atoms with Crippen LogP contribution in [-0.4, -0.2) is 17.4 Å². The van der Waals surface area contributed by atoms with Crippen molar-refractivity contribution >= 4 is 18.1 Å². The van der Waals surface area contributed by atoms with E-state index in [0.717, 1.165) is 6.42 Å². The SMILES string of the molecule is CC1=C(C)[C@H]2[C@@H](C#N)C[C@@H]1[P@]2(=S)OC(C)C. The van der Waals surface area contributed by atoms with Crippen LogP contribution in [0.15, 0.2) is 11.1 Å². The molecule has 0 radical (unpaired) electrons. The molecule has 2 aliphatic heterocycles. The van der Waals surface area contributed by atoms with E-state index in [1.165, 1.54) is 11.1 Å². The van der Waals surface area contributed by atoms with Crippen molar-refractivity contribution in [3.8, 4) is 6.07 Å². The summed E-state index contributed by atoms with van der Waals surface area (Å²) in [7, 11) is 0. The number of nitrogens with zero attached hydrogens (tertiary/aromatic N) is 1. The molecule has 0 amide bonds. The fourth-order valence-corrected chi connectivity index (χ4v) is 9.25. The van der Waals surface area contributed by atoms with Crippen molar-refractivity contribution in [1.82, 2.24) is 0 Å². The molecule has 0 aromatic rings. The smallest absolute Gasteiger partial charge is 0.0826 e. The summed E-state index contributed by atoms with van der Waals surface area (Å²) < 4.78 is 6.09. The molecule has 0 unspecified atom stereocenters. The van der Waals surface area contributed by atoms with Crippen molar-refractivity contribution in [3.05, 3.63) is 11.1 Å². The van der Waals surface area contributed by atoms with Gasteiger partial charge in [0.2, 0.25) is 0 Å². The average Bonchev–Trinajstić information content (AvgIpc) is 2.55. The summed E-state index contributed by atoms with van der Waals surface area (Å²) >= 11 is 5.84. The average molecular weight is 255 g/mol. The number of rotatable bonds is 2. The van der Waals surface area contributed by atoms with Crippen molar-refractivity contribution in [3.63, 3.8) is 0 Å². The second-order valence-electron chi connectivity index (χ2n) is 5.10. The van der Waals surface area contributed by atoms with E-state index < -0.39 is 6.26 Å². The predicted molar refractivity (Wildman–Crippen MR) is 70.2 cm³/mol. The van der Waals surface area contributed by atoms with Gasteiger partial charge in [-0.05, 0) is 34.1 Å². The lowest BCUT2D eigenvalue weighted by Gasteiger charge is -2.26. The van der Waals surface area contributed by atoms with Crippen LogP contribution >= 0.6 is 6.26 Å². The van der Waals surface area contributed by atoms with E-state index in [1.807, 2.05) is 13.8 Å². The zero-order valence-corrected chi connectivity index (χ0v) is 11.9. The minimum atomic E-state index is -1.85. The fraction of sp³-hybridized carbons (Fsp3) is 0.750. The van der Waals surface area contributed by atoms with Gasteiger partial charge in [0.05, 0.1) is 24.4 Å². The minimum absolute atomic E-state index is 0.0956. The quantitative estimate of drug-likeness (QED) is 0.560. The monoisotopic (exact) mass is 255 g/mol. The molecule has 0 aromatic carbocycles. The van der Waals surface area contributed by atoms with Crippen molar-refractivity contribution in [2.24, 2.45) is 5.92 Å². The van der Waals surface area contributed by atoms with E-state index in [9.17, 15) is 5.26 Å². The highest BCUT2D eigenvalue weighted by atomic mass is 32.4. The lowest BCUT2D eigenvalue weighted by molar-refractivity contribution is 0.267. The van der Waals surface area contributed by atoms with Gasteiger partial charge in [0, 0.05) is 11.3 Å². The summed E-state index contributed by atoms with van der Waals surface area (Å²) in [6.45, 7) is 8.38. The molecule has 2 nitrogen and oxygen atoms in total. The topological polar surface area (TPSA) is 33.0 Å². The van der Waals surface area contributed by atoms with Gasteiger partial charge in [-0.2, -0.15) is 5.26 Å². The zero-order chi connectivity index (χ0) is 12.1. The van der Waals surface area contributed by atoms with Crippen LogP contribution in [0.2, 0.25) is 0 Å². The van der Waals surface area contributed by atoms with Gasteiger partial charge in [-0.25, -0.2) is 0 Å². The first-order chi connectivity index (χ1) is 7.41. The molecule has 2 aliphatic rings. The van der Waals surface area contributed by atoms with Gasteiger partial charge in [-0.1, -0.05) is 23.0 Å². The van der Waals surface area contributed by atoms with Gasteiger partial charge >= 0.3 is 0 Å². The molecule has 1 saturated heterocycles. The highest BCUT2D eigenvalue weighted by Gasteiger charge is 2.56. The molecule has 0 aromatic heterocycles. The highest BCUT2D eigenvalue weighted by molar-refractivity contribution is 8.13. The molecule has 2 rings (SSSR count). The van der Waals surface area contributed by atoms with E-state index in [2.05, 4.69) is 19.9 Å². The fourth-order valence-electron chi connectivity index (χ4n) is 3.07. The first-order valence-corrected chi connectivity index (χ1v) is 8.62. The molecular formula is C12H18NOPS. The van der Waals surface area contributed by atoms with E-state index in [-0.39, 0.29) is 17.7 Å². The Labute approximate surface area is 103 Å². The maximum atomic E-state index is 9.20. The summed E-state index contributed by atoms with van der Waals surface area (Å²) in [5, 5.41) is 9.20. The van der Waals surface area contributed by atoms with Crippen molar-refractivity contribution in [2.45, 2.75) is 51.5 Å². The van der Waals surface area contributed by atoms with Crippen LogP contribution in [0.25, 0.3) is 0 Å². The van der Waals surface area contributed by atoms with Gasteiger partial charge < -0.3 is 4.52 Å². The predicted octanol–water partition coefficient (Wildman–Crippen LogP) is 3.44. The molecule has 4 heteroatoms. The van der Waals surface area contributed by atoms with E-state index >= 15 is 0 Å². The molecule has 4 atom stereocenters. The van der Waals surface area contributed by atoms with Gasteiger partial charge in [-0.15, -0.1) is 0 Å². The Morgan fingerprint density at radius 2 is 2.06 bits per heavy atom. The molecule has 0 aliphatic carbocycles. The third-order valence-corrected chi connectivity index (χ3v) is 9.23. The van der Waals surface area contributed by atoms with E-state index in [0.29, 0.717) is 5.66 Å². The van der Waals surface area contributed by atoms with Crippen molar-refractivity contribution in [1.29, 1.82) is 5.26 Å². The Bertz CT molecular complexity index is 435. The van der Waals surface area contributed by atoms with Crippen molar-refractivity contribution < 1.29 is 4.52 Å². The van der Waals surface area contributed by atoms with Crippen LogP contribution in [0, 0.1) is 17.2 Å². The van der Waals surface area contributed by atoms with Gasteiger partial charge in [-0.3, -0.25) is 0 Å². The van der Waals surface area contributed by atoms with Crippen LogP contribution in [0.3, 0.4) is 0 Å². The molecule has 0 saturated carbocycles. The van der Waals surface area contributed by atoms with E-state index in [1.54, 1.807) is 0 Å². The number of nitriles is 1. The van der Waals surface area contributed by atoms with Gasteiger partial charge in [0.25, 0.3) is 0 Å². The third kappa shape index (κ3) is 1.51. The lowest BCUT2D eigenvalue weighted by Crippen LogP contribution is -2.16. The first kappa shape index (κ1) is 12.3. The molecule has 88 valence electrons. The van der Waals surface area contributed by atoms with Gasteiger partial charge in [0.15, 0.2) is 0 Å². The van der Waals surface area contributed by atoms with Crippen LogP contribution in [0.1, 0.15) is 34.1 Å². The standard InChI is InChI=1S/C12H18NOPS/c1-7(2)14-15(16)11-5-10(6-13)12(15)9(4)8(11)3/h7,10-12H,5H2,1-4H3/t10-,11+,12+,15-/m1/s1. The summed E-state index contributed by atoms with van der Waals surface area (Å²) in [4.78, 5) is 0. The Hall–Kier alpha value is -0.160. The van der Waals surface area contributed by atoms with E-state index in [4.69, 9.17) is 16.3 Å². The highest BCUT2D eigenvalue weighted by Crippen LogP contribution is 2.74. The molecule has 1 fully saturated rings. The summed E-state index contributed by atoms with van der Waals surface area (Å²) in [5.74, 6) is 0.0956. The second kappa shape index (κ2) is 3.95. The Kier molecular flexibility index (Phi) is 3.03. The summed E-state index contributed by atoms with van der Waals surface area (Å²) in [6.07, 6.45) is -0.747. The van der Waals surface area contributed by atoms with Crippen LogP contribution in [0.4, 0.5) is 0 Å². The largest absolute Gasteiger partial charge is 0.347 e. The number of fused-ring (bicyclic) bond motifs is 2. The van der Waals surface area contributed by atoms with Gasteiger partial charge in [0.1, 0.15) is 0 Å². The molecular weight excluding hydrogens is 237 g/mol. The third-order valence-electron chi connectivity index (χ3n) is 3.79. The second-order valence-corrected chi connectivity index (χ2v) is 9.49. The Morgan fingerprint density at radius 3 is 2.56 bits per heavy atom. The normalized spacial score (nSPS) is 41.9. The molecule has 0 spiro atoms. The van der Waals surface area contributed by atoms with Crippen molar-refractivity contribution in [2.75, 3.05) is 0 Å². The first-order valence-electron chi connectivity index (χ1n) is 5.76. The lowest BCUT2D eigenvalue weighted by atomic mass is 9.86. The summed E-state index contributed by atoms with van der Waals surface area (Å²) in [6, 6.07) is 2.42. The molecule has 2 heterocycles. The number of hydrogen-bond donors (Lipinski definition) is 0. The number of hydrogen-bond acceptors (Lipinski definition) is 3. The Morgan fingerprint density at radius 1 is 1.44 bits per heavy atom. The van der Waals surface area contributed by atoms with Crippen LogP contribution in [0.5, 0.6) is 0 Å². The Balaban J connectivity index is 2.41. The van der Waals surface area contributed by atoms with Crippen LogP contribution < -0.4 is 0 Å². The number of allylic oxidation sites excluding steroid dienone is 2. The zero-order valence-electron chi connectivity index (χ0n) is 10.2. The van der Waals surface area contributed by atoms with Crippen LogP contribution in [-0.2, 0) is 16.3 Å². The molecule has 0 N–H and O–H groups in total.